The molecule has 1 amide bonds. The molecule has 0 fully saturated rings. The highest BCUT2D eigenvalue weighted by Crippen LogP contribution is 2.27. The zero-order chi connectivity index (χ0) is 16.0. The molecule has 116 valence electrons. The van der Waals surface area contributed by atoms with Gasteiger partial charge in [-0.2, -0.15) is 0 Å². The smallest absolute Gasteiger partial charge is 0.234 e. The Morgan fingerprint density at radius 1 is 1.14 bits per heavy atom. The lowest BCUT2D eigenvalue weighted by Gasteiger charge is -2.32. The number of nitrogens with one attached hydrogen (secondary N) is 1. The zero-order valence-corrected chi connectivity index (χ0v) is 13.0. The largest absolute Gasteiger partial charge is 0.497 e. The maximum Gasteiger partial charge on any atom is 0.234 e. The Bertz CT molecular complexity index is 611. The molecule has 2 rings (SSSR count). The van der Waals surface area contributed by atoms with E-state index in [2.05, 4.69) is 17.4 Å². The van der Waals surface area contributed by atoms with Crippen LogP contribution >= 0.6 is 0 Å². The molecule has 2 aromatic rings. The molecule has 0 saturated heterocycles. The van der Waals surface area contributed by atoms with Crippen LogP contribution in [0.3, 0.4) is 0 Å². The van der Waals surface area contributed by atoms with Crippen LogP contribution in [-0.2, 0) is 16.8 Å². The molecule has 0 bridgehead atoms. The molecule has 0 aliphatic rings. The molecule has 4 heteroatoms. The fraction of sp³-hybridized carbons (Fsp3) is 0.278. The van der Waals surface area contributed by atoms with E-state index in [1.165, 1.54) is 0 Å². The summed E-state index contributed by atoms with van der Waals surface area (Å²) in [5.74, 6) is 0.616. The minimum absolute atomic E-state index is 0.0272. The van der Waals surface area contributed by atoms with Gasteiger partial charge in [0.25, 0.3) is 0 Å². The van der Waals surface area contributed by atoms with E-state index in [1.807, 2.05) is 49.4 Å². The van der Waals surface area contributed by atoms with Crippen LogP contribution < -0.4 is 15.8 Å². The van der Waals surface area contributed by atoms with Crippen LogP contribution in [-0.4, -0.2) is 19.6 Å². The Balaban J connectivity index is 2.33. The minimum Gasteiger partial charge on any atom is -0.497 e. The van der Waals surface area contributed by atoms with Gasteiger partial charge in [-0.15, -0.1) is 0 Å². The van der Waals surface area contributed by atoms with Crippen LogP contribution in [0.1, 0.15) is 18.1 Å². The van der Waals surface area contributed by atoms with E-state index in [0.717, 1.165) is 16.9 Å². The van der Waals surface area contributed by atoms with Crippen molar-refractivity contribution in [2.24, 2.45) is 5.73 Å². The normalized spacial score (nSPS) is 13.2. The Morgan fingerprint density at radius 2 is 1.77 bits per heavy atom. The molecule has 0 aliphatic heterocycles. The Labute approximate surface area is 131 Å². The zero-order valence-electron chi connectivity index (χ0n) is 13.0. The van der Waals surface area contributed by atoms with E-state index in [9.17, 15) is 4.79 Å². The first-order chi connectivity index (χ1) is 10.6. The van der Waals surface area contributed by atoms with Crippen molar-refractivity contribution >= 4 is 5.91 Å². The molecule has 1 atom stereocenters. The van der Waals surface area contributed by atoms with Gasteiger partial charge in [0.2, 0.25) is 5.91 Å². The van der Waals surface area contributed by atoms with Crippen LogP contribution in [0.4, 0.5) is 0 Å². The quantitative estimate of drug-likeness (QED) is 0.859. The monoisotopic (exact) mass is 298 g/mol. The van der Waals surface area contributed by atoms with Gasteiger partial charge in [0, 0.05) is 0 Å². The van der Waals surface area contributed by atoms with Crippen molar-refractivity contribution < 1.29 is 9.53 Å². The second kappa shape index (κ2) is 7.09. The molecular weight excluding hydrogens is 276 g/mol. The predicted octanol–water partition coefficient (Wildman–Crippen LogP) is 2.23. The van der Waals surface area contributed by atoms with Gasteiger partial charge in [0.1, 0.15) is 5.75 Å². The van der Waals surface area contributed by atoms with Crippen LogP contribution in [0.2, 0.25) is 0 Å². The molecule has 0 aliphatic carbocycles. The summed E-state index contributed by atoms with van der Waals surface area (Å²) in [5, 5.41) is 3.04. The minimum atomic E-state index is -0.524. The van der Waals surface area contributed by atoms with Crippen molar-refractivity contribution in [1.82, 2.24) is 5.32 Å². The van der Waals surface area contributed by atoms with E-state index in [4.69, 9.17) is 10.5 Å². The molecular formula is C18H22N2O2. The number of ether oxygens (including phenoxy) is 1. The standard InChI is InChI=1S/C18H22N2O2/c1-18(20-17(21)13-19,12-14-6-4-3-5-7-14)15-8-10-16(22-2)11-9-15/h3-11H,12-13,19H2,1-2H3,(H,20,21). The van der Waals surface area contributed by atoms with Crippen molar-refractivity contribution in [3.05, 3.63) is 65.7 Å². The van der Waals surface area contributed by atoms with Gasteiger partial charge in [0.15, 0.2) is 0 Å². The summed E-state index contributed by atoms with van der Waals surface area (Å²) >= 11 is 0. The summed E-state index contributed by atoms with van der Waals surface area (Å²) < 4.78 is 5.20. The van der Waals surface area contributed by atoms with Crippen molar-refractivity contribution in [2.45, 2.75) is 18.9 Å². The van der Waals surface area contributed by atoms with E-state index in [-0.39, 0.29) is 12.5 Å². The molecule has 1 unspecified atom stereocenters. The summed E-state index contributed by atoms with van der Waals surface area (Å²) in [5.41, 5.74) is 7.10. The highest BCUT2D eigenvalue weighted by molar-refractivity contribution is 5.78. The van der Waals surface area contributed by atoms with Gasteiger partial charge in [0.05, 0.1) is 19.2 Å². The van der Waals surface area contributed by atoms with Gasteiger partial charge in [-0.3, -0.25) is 4.79 Å². The Morgan fingerprint density at radius 3 is 2.32 bits per heavy atom. The molecule has 0 aromatic heterocycles. The van der Waals surface area contributed by atoms with E-state index in [0.29, 0.717) is 6.42 Å². The lowest BCUT2D eigenvalue weighted by atomic mass is 9.85. The summed E-state index contributed by atoms with van der Waals surface area (Å²) in [4.78, 5) is 11.9. The number of hydrogen-bond acceptors (Lipinski definition) is 3. The van der Waals surface area contributed by atoms with Crippen LogP contribution in [0.15, 0.2) is 54.6 Å². The maximum absolute atomic E-state index is 11.9. The number of methoxy groups -OCH3 is 1. The molecule has 22 heavy (non-hydrogen) atoms. The Hall–Kier alpha value is -2.33. The van der Waals surface area contributed by atoms with Gasteiger partial charge >= 0.3 is 0 Å². The molecule has 0 radical (unpaired) electrons. The van der Waals surface area contributed by atoms with Gasteiger partial charge in [-0.1, -0.05) is 42.5 Å². The molecule has 0 saturated carbocycles. The van der Waals surface area contributed by atoms with Crippen LogP contribution in [0.25, 0.3) is 0 Å². The number of benzene rings is 2. The second-order valence-electron chi connectivity index (χ2n) is 5.48. The first-order valence-corrected chi connectivity index (χ1v) is 7.27. The van der Waals surface area contributed by atoms with Crippen molar-refractivity contribution in [3.8, 4) is 5.75 Å². The average molecular weight is 298 g/mol. The number of rotatable bonds is 6. The molecule has 0 spiro atoms. The third kappa shape index (κ3) is 3.86. The average Bonchev–Trinajstić information content (AvgIpc) is 2.55. The van der Waals surface area contributed by atoms with Crippen LogP contribution in [0.5, 0.6) is 5.75 Å². The SMILES string of the molecule is COc1ccc(C(C)(Cc2ccccc2)NC(=O)CN)cc1. The fourth-order valence-corrected chi connectivity index (χ4v) is 2.54. The number of hydrogen-bond donors (Lipinski definition) is 2. The number of nitrogens with two attached hydrogens (primary N) is 1. The van der Waals surface area contributed by atoms with Crippen molar-refractivity contribution in [3.63, 3.8) is 0 Å². The molecule has 0 heterocycles. The van der Waals surface area contributed by atoms with Gasteiger partial charge < -0.3 is 15.8 Å². The summed E-state index contributed by atoms with van der Waals surface area (Å²) in [7, 11) is 1.63. The fourth-order valence-electron chi connectivity index (χ4n) is 2.54. The van der Waals surface area contributed by atoms with Crippen LogP contribution in [0, 0.1) is 0 Å². The predicted molar refractivity (Wildman–Crippen MR) is 87.7 cm³/mol. The third-order valence-electron chi connectivity index (χ3n) is 3.73. The number of carbonyl (C=O) groups is 1. The first-order valence-electron chi connectivity index (χ1n) is 7.27. The van der Waals surface area contributed by atoms with E-state index >= 15 is 0 Å². The number of carbonyl (C=O) groups excluding carboxylic acids is 1. The third-order valence-corrected chi connectivity index (χ3v) is 3.73. The lowest BCUT2D eigenvalue weighted by molar-refractivity contribution is -0.121. The summed E-state index contributed by atoms with van der Waals surface area (Å²) in [6.07, 6.45) is 0.686. The highest BCUT2D eigenvalue weighted by Gasteiger charge is 2.28. The lowest BCUT2D eigenvalue weighted by Crippen LogP contribution is -2.47. The Kier molecular flexibility index (Phi) is 5.17. The molecule has 2 aromatic carbocycles. The molecule has 4 nitrogen and oxygen atoms in total. The van der Waals surface area contributed by atoms with Gasteiger partial charge in [-0.25, -0.2) is 0 Å². The van der Waals surface area contributed by atoms with E-state index < -0.39 is 5.54 Å². The van der Waals surface area contributed by atoms with Crippen molar-refractivity contribution in [1.29, 1.82) is 0 Å². The maximum atomic E-state index is 11.9. The topological polar surface area (TPSA) is 64.3 Å². The highest BCUT2D eigenvalue weighted by atomic mass is 16.5. The first kappa shape index (κ1) is 16.0. The van der Waals surface area contributed by atoms with E-state index in [1.54, 1.807) is 7.11 Å². The number of amides is 1. The summed E-state index contributed by atoms with van der Waals surface area (Å²) in [6, 6.07) is 17.8. The second-order valence-corrected chi connectivity index (χ2v) is 5.48. The van der Waals surface area contributed by atoms with Gasteiger partial charge in [-0.05, 0) is 36.6 Å². The molecule has 3 N–H and O–H groups in total. The summed E-state index contributed by atoms with van der Waals surface area (Å²) in [6.45, 7) is 1.98. The van der Waals surface area contributed by atoms with Crippen molar-refractivity contribution in [2.75, 3.05) is 13.7 Å².